The van der Waals surface area contributed by atoms with E-state index in [1.807, 2.05) is 31.2 Å². The van der Waals surface area contributed by atoms with Crippen LogP contribution in [0.25, 0.3) is 0 Å². The molecule has 2 atom stereocenters. The van der Waals surface area contributed by atoms with Gasteiger partial charge in [-0.3, -0.25) is 14.6 Å². The standard InChI is InChI=1S/C17H26N2O2/c1-5-21-16-8-6-15(7-9-16)17(20)12-19-10-13(2)18(4)14(3)11-19/h6-9,13-14H,5,10-12H2,1-4H3. The van der Waals surface area contributed by atoms with Crippen LogP contribution in [-0.2, 0) is 0 Å². The molecule has 0 radical (unpaired) electrons. The van der Waals surface area contributed by atoms with Crippen molar-refractivity contribution >= 4 is 5.78 Å². The molecule has 0 bridgehead atoms. The van der Waals surface area contributed by atoms with Crippen molar-refractivity contribution in [2.24, 2.45) is 0 Å². The van der Waals surface area contributed by atoms with Gasteiger partial charge in [0.05, 0.1) is 13.2 Å². The number of piperazine rings is 1. The van der Waals surface area contributed by atoms with Crippen molar-refractivity contribution in [2.45, 2.75) is 32.9 Å². The first kappa shape index (κ1) is 16.0. The van der Waals surface area contributed by atoms with Crippen molar-refractivity contribution < 1.29 is 9.53 Å². The first-order valence-electron chi connectivity index (χ1n) is 7.71. The number of rotatable bonds is 5. The summed E-state index contributed by atoms with van der Waals surface area (Å²) >= 11 is 0. The number of benzene rings is 1. The molecule has 2 rings (SSSR count). The Kier molecular flexibility index (Phi) is 5.37. The van der Waals surface area contributed by atoms with Gasteiger partial charge in [-0.1, -0.05) is 0 Å². The van der Waals surface area contributed by atoms with Crippen LogP contribution < -0.4 is 4.74 Å². The number of Topliss-reactive ketones (excluding diaryl/α,β-unsaturated/α-hetero) is 1. The van der Waals surface area contributed by atoms with Crippen molar-refractivity contribution in [2.75, 3.05) is 33.3 Å². The summed E-state index contributed by atoms with van der Waals surface area (Å²) in [5.74, 6) is 0.998. The monoisotopic (exact) mass is 290 g/mol. The third-order valence-corrected chi connectivity index (χ3v) is 4.29. The van der Waals surface area contributed by atoms with Gasteiger partial charge in [-0.2, -0.15) is 0 Å². The second-order valence-electron chi connectivity index (χ2n) is 5.94. The predicted molar refractivity (Wildman–Crippen MR) is 85.1 cm³/mol. The molecular weight excluding hydrogens is 264 g/mol. The summed E-state index contributed by atoms with van der Waals surface area (Å²) in [5.41, 5.74) is 0.762. The molecule has 4 nitrogen and oxygen atoms in total. The Balaban J connectivity index is 1.95. The SMILES string of the molecule is CCOc1ccc(C(=O)CN2CC(C)N(C)C(C)C2)cc1. The molecule has 1 fully saturated rings. The van der Waals surface area contributed by atoms with Gasteiger partial charge in [-0.25, -0.2) is 0 Å². The zero-order valence-corrected chi connectivity index (χ0v) is 13.5. The van der Waals surface area contributed by atoms with E-state index in [-0.39, 0.29) is 5.78 Å². The molecule has 2 unspecified atom stereocenters. The highest BCUT2D eigenvalue weighted by Crippen LogP contribution is 2.16. The summed E-state index contributed by atoms with van der Waals surface area (Å²) < 4.78 is 5.40. The molecule has 0 spiro atoms. The van der Waals surface area contributed by atoms with Gasteiger partial charge in [-0.15, -0.1) is 0 Å². The van der Waals surface area contributed by atoms with Crippen LogP contribution in [0.15, 0.2) is 24.3 Å². The van der Waals surface area contributed by atoms with Crippen LogP contribution in [0.4, 0.5) is 0 Å². The minimum Gasteiger partial charge on any atom is -0.494 e. The third kappa shape index (κ3) is 4.05. The van der Waals surface area contributed by atoms with Gasteiger partial charge >= 0.3 is 0 Å². The smallest absolute Gasteiger partial charge is 0.176 e. The number of ether oxygens (including phenoxy) is 1. The van der Waals surface area contributed by atoms with Crippen molar-refractivity contribution in [1.82, 2.24) is 9.80 Å². The average molecular weight is 290 g/mol. The second kappa shape index (κ2) is 7.05. The van der Waals surface area contributed by atoms with Gasteiger partial charge in [0, 0.05) is 30.7 Å². The summed E-state index contributed by atoms with van der Waals surface area (Å²) in [6.45, 7) is 9.41. The van der Waals surface area contributed by atoms with Crippen LogP contribution in [0, 0.1) is 0 Å². The first-order valence-corrected chi connectivity index (χ1v) is 7.71. The number of hydrogen-bond acceptors (Lipinski definition) is 4. The lowest BCUT2D eigenvalue weighted by Crippen LogP contribution is -2.55. The Morgan fingerprint density at radius 1 is 1.19 bits per heavy atom. The van der Waals surface area contributed by atoms with Crippen LogP contribution in [0.5, 0.6) is 5.75 Å². The maximum atomic E-state index is 12.4. The van der Waals surface area contributed by atoms with Gasteiger partial charge in [0.1, 0.15) is 5.75 Å². The molecule has 1 heterocycles. The Bertz CT molecular complexity index is 460. The molecular formula is C17H26N2O2. The van der Waals surface area contributed by atoms with E-state index >= 15 is 0 Å². The first-order chi connectivity index (χ1) is 10.0. The molecule has 0 amide bonds. The summed E-state index contributed by atoms with van der Waals surface area (Å²) in [6, 6.07) is 8.42. The molecule has 1 aliphatic rings. The predicted octanol–water partition coefficient (Wildman–Crippen LogP) is 2.29. The Morgan fingerprint density at radius 2 is 1.76 bits per heavy atom. The second-order valence-corrected chi connectivity index (χ2v) is 5.94. The zero-order valence-electron chi connectivity index (χ0n) is 13.5. The fourth-order valence-corrected chi connectivity index (χ4v) is 2.84. The van der Waals surface area contributed by atoms with Crippen molar-refractivity contribution in [1.29, 1.82) is 0 Å². The number of hydrogen-bond donors (Lipinski definition) is 0. The lowest BCUT2D eigenvalue weighted by Gasteiger charge is -2.42. The summed E-state index contributed by atoms with van der Waals surface area (Å²) in [5, 5.41) is 0. The molecule has 1 aliphatic heterocycles. The van der Waals surface area contributed by atoms with E-state index in [9.17, 15) is 4.79 Å². The molecule has 116 valence electrons. The highest BCUT2D eigenvalue weighted by molar-refractivity contribution is 5.97. The maximum absolute atomic E-state index is 12.4. The van der Waals surface area contributed by atoms with Gasteiger partial charge in [0.15, 0.2) is 5.78 Å². The summed E-state index contributed by atoms with van der Waals surface area (Å²) in [7, 11) is 2.15. The Hall–Kier alpha value is -1.39. The molecule has 1 aromatic rings. The van der Waals surface area contributed by atoms with Crippen LogP contribution in [0.3, 0.4) is 0 Å². The molecule has 0 aromatic heterocycles. The van der Waals surface area contributed by atoms with Gasteiger partial charge in [0.25, 0.3) is 0 Å². The zero-order chi connectivity index (χ0) is 15.4. The quantitative estimate of drug-likeness (QED) is 0.779. The minimum absolute atomic E-state index is 0.182. The third-order valence-electron chi connectivity index (χ3n) is 4.29. The van der Waals surface area contributed by atoms with Crippen molar-refractivity contribution in [3.63, 3.8) is 0 Å². The Morgan fingerprint density at radius 3 is 2.29 bits per heavy atom. The minimum atomic E-state index is 0.182. The van der Waals surface area contributed by atoms with E-state index in [1.165, 1.54) is 0 Å². The molecule has 1 aromatic carbocycles. The van der Waals surface area contributed by atoms with Gasteiger partial charge in [-0.05, 0) is 52.1 Å². The lowest BCUT2D eigenvalue weighted by atomic mass is 10.1. The van der Waals surface area contributed by atoms with Crippen LogP contribution in [-0.4, -0.2) is 61.0 Å². The molecule has 0 saturated carbocycles. The molecule has 1 saturated heterocycles. The highest BCUT2D eigenvalue weighted by atomic mass is 16.5. The molecule has 4 heteroatoms. The van der Waals surface area contributed by atoms with Crippen LogP contribution in [0.1, 0.15) is 31.1 Å². The summed E-state index contributed by atoms with van der Waals surface area (Å²) in [4.78, 5) is 17.0. The maximum Gasteiger partial charge on any atom is 0.176 e. The largest absolute Gasteiger partial charge is 0.494 e. The van der Waals surface area contributed by atoms with E-state index in [2.05, 4.69) is 30.7 Å². The van der Waals surface area contributed by atoms with Crippen LogP contribution >= 0.6 is 0 Å². The topological polar surface area (TPSA) is 32.8 Å². The number of likely N-dealkylation sites (N-methyl/N-ethyl adjacent to an activating group) is 1. The van der Waals surface area contributed by atoms with E-state index in [0.717, 1.165) is 24.4 Å². The van der Waals surface area contributed by atoms with Crippen molar-refractivity contribution in [3.8, 4) is 5.75 Å². The Labute approximate surface area is 127 Å². The van der Waals surface area contributed by atoms with Crippen molar-refractivity contribution in [3.05, 3.63) is 29.8 Å². The summed E-state index contributed by atoms with van der Waals surface area (Å²) in [6.07, 6.45) is 0. The van der Waals surface area contributed by atoms with Gasteiger partial charge in [0.2, 0.25) is 0 Å². The number of carbonyl (C=O) groups is 1. The van der Waals surface area contributed by atoms with E-state index in [4.69, 9.17) is 4.74 Å². The molecule has 21 heavy (non-hydrogen) atoms. The highest BCUT2D eigenvalue weighted by Gasteiger charge is 2.27. The normalized spacial score (nSPS) is 24.0. The number of nitrogens with zero attached hydrogens (tertiary/aromatic N) is 2. The molecule has 0 aliphatic carbocycles. The number of ketones is 1. The molecule has 0 N–H and O–H groups in total. The van der Waals surface area contributed by atoms with Gasteiger partial charge < -0.3 is 4.74 Å². The fraction of sp³-hybridized carbons (Fsp3) is 0.588. The fourth-order valence-electron chi connectivity index (χ4n) is 2.84. The van der Waals surface area contributed by atoms with E-state index in [0.29, 0.717) is 25.2 Å². The lowest BCUT2D eigenvalue weighted by molar-refractivity contribution is 0.0549. The van der Waals surface area contributed by atoms with Crippen LogP contribution in [0.2, 0.25) is 0 Å². The average Bonchev–Trinajstić information content (AvgIpc) is 2.45. The van der Waals surface area contributed by atoms with E-state index in [1.54, 1.807) is 0 Å². The van der Waals surface area contributed by atoms with E-state index < -0.39 is 0 Å². The number of carbonyl (C=O) groups excluding carboxylic acids is 1.